The molecule has 0 aromatic rings. The molecule has 1 spiro atoms. The Morgan fingerprint density at radius 1 is 1.18 bits per heavy atom. The molecule has 2 aliphatic rings. The van der Waals surface area contributed by atoms with Crippen LogP contribution in [0.2, 0.25) is 19.6 Å². The molecule has 100 valence electrons. The number of ether oxygens (including phenoxy) is 1. The monoisotopic (exact) mass is 256 g/mol. The molecule has 2 unspecified atom stereocenters. The lowest BCUT2D eigenvalue weighted by Gasteiger charge is -2.35. The Balaban J connectivity index is 2.23. The molecule has 1 saturated carbocycles. The van der Waals surface area contributed by atoms with E-state index >= 15 is 0 Å². The first-order chi connectivity index (χ1) is 7.90. The van der Waals surface area contributed by atoms with Crippen molar-refractivity contribution in [2.45, 2.75) is 88.4 Å². The number of hydrogen-bond acceptors (Lipinski definition) is 2. The van der Waals surface area contributed by atoms with E-state index in [4.69, 9.17) is 4.74 Å². The Morgan fingerprint density at radius 3 is 2.24 bits per heavy atom. The summed E-state index contributed by atoms with van der Waals surface area (Å²) in [6.07, 6.45) is 7.97. The molecule has 0 radical (unpaired) electrons. The van der Waals surface area contributed by atoms with Crippen LogP contribution >= 0.6 is 0 Å². The third kappa shape index (κ3) is 1.91. The lowest BCUT2D eigenvalue weighted by Crippen LogP contribution is -2.55. The van der Waals surface area contributed by atoms with Gasteiger partial charge in [-0.2, -0.15) is 0 Å². The Morgan fingerprint density at radius 2 is 1.76 bits per heavy atom. The smallest absolute Gasteiger partial charge is 0.112 e. The molecule has 1 aliphatic carbocycles. The highest BCUT2D eigenvalue weighted by molar-refractivity contribution is 6.80. The molecule has 17 heavy (non-hydrogen) atoms. The van der Waals surface area contributed by atoms with Gasteiger partial charge in [-0.25, -0.2) is 0 Å². The van der Waals surface area contributed by atoms with E-state index in [2.05, 4.69) is 26.6 Å². The summed E-state index contributed by atoms with van der Waals surface area (Å²) in [4.78, 5) is 0. The van der Waals surface area contributed by atoms with E-state index in [-0.39, 0.29) is 16.9 Å². The topological polar surface area (TPSA) is 32.8 Å². The first-order valence-corrected chi connectivity index (χ1v) is 10.8. The molecule has 2 rings (SSSR count). The second-order valence-electron chi connectivity index (χ2n) is 6.95. The highest BCUT2D eigenvalue weighted by Gasteiger charge is 2.76. The van der Waals surface area contributed by atoms with Crippen LogP contribution in [0.4, 0.5) is 0 Å². The van der Waals surface area contributed by atoms with Crippen LogP contribution in [0.15, 0.2) is 0 Å². The van der Waals surface area contributed by atoms with Crippen molar-refractivity contribution in [2.24, 2.45) is 0 Å². The van der Waals surface area contributed by atoms with Gasteiger partial charge in [-0.15, -0.1) is 0 Å². The molecular weight excluding hydrogens is 228 g/mol. The van der Waals surface area contributed by atoms with Gasteiger partial charge in [-0.05, 0) is 19.3 Å². The van der Waals surface area contributed by atoms with E-state index in [1.807, 2.05) is 0 Å². The molecule has 1 N–H and O–H groups in total. The van der Waals surface area contributed by atoms with Gasteiger partial charge in [-0.3, -0.25) is 0 Å². The fraction of sp³-hybridized carbons (Fsp3) is 1.00. The largest absolute Gasteiger partial charge is 0.390 e. The van der Waals surface area contributed by atoms with Gasteiger partial charge in [0, 0.05) is 0 Å². The summed E-state index contributed by atoms with van der Waals surface area (Å²) in [5.41, 5.74) is 0.0598. The first-order valence-electron chi connectivity index (χ1n) is 7.28. The van der Waals surface area contributed by atoms with Crippen molar-refractivity contribution >= 4 is 8.07 Å². The molecule has 2 atom stereocenters. The predicted molar refractivity (Wildman–Crippen MR) is 73.9 cm³/mol. The van der Waals surface area contributed by atoms with Crippen LogP contribution in [0.25, 0.3) is 0 Å². The van der Waals surface area contributed by atoms with Gasteiger partial charge in [0.1, 0.15) is 5.22 Å². The summed E-state index contributed by atoms with van der Waals surface area (Å²) in [6.45, 7) is 9.22. The van der Waals surface area contributed by atoms with Crippen LogP contribution in [0, 0.1) is 0 Å². The van der Waals surface area contributed by atoms with Gasteiger partial charge in [0.05, 0.1) is 19.8 Å². The van der Waals surface area contributed by atoms with Crippen LogP contribution in [0.1, 0.15) is 51.9 Å². The number of rotatable bonds is 4. The van der Waals surface area contributed by atoms with Gasteiger partial charge in [0.25, 0.3) is 0 Å². The van der Waals surface area contributed by atoms with Crippen LogP contribution < -0.4 is 0 Å². The maximum atomic E-state index is 10.6. The molecule has 0 aromatic heterocycles. The van der Waals surface area contributed by atoms with Gasteiger partial charge < -0.3 is 9.84 Å². The molecule has 2 fully saturated rings. The van der Waals surface area contributed by atoms with Crippen molar-refractivity contribution in [3.63, 3.8) is 0 Å². The predicted octanol–water partition coefficient (Wildman–Crippen LogP) is 3.50. The quantitative estimate of drug-likeness (QED) is 0.617. The Hall–Kier alpha value is 0.137. The van der Waals surface area contributed by atoms with Crippen molar-refractivity contribution < 1.29 is 9.84 Å². The zero-order valence-corrected chi connectivity index (χ0v) is 12.9. The molecule has 0 amide bonds. The third-order valence-corrected chi connectivity index (χ3v) is 7.92. The van der Waals surface area contributed by atoms with Crippen molar-refractivity contribution in [3.8, 4) is 0 Å². The summed E-state index contributed by atoms with van der Waals surface area (Å²) in [6, 6.07) is 0. The van der Waals surface area contributed by atoms with Crippen LogP contribution in [-0.4, -0.2) is 30.1 Å². The SMILES string of the molecule is CCCC(O)C1([Si](C)(C)C)OC12CCCCC2. The minimum Gasteiger partial charge on any atom is -0.390 e. The molecule has 0 bridgehead atoms. The van der Waals surface area contributed by atoms with Crippen LogP contribution in [-0.2, 0) is 4.74 Å². The second-order valence-corrected chi connectivity index (χ2v) is 12.2. The summed E-state index contributed by atoms with van der Waals surface area (Å²) in [7, 11) is -1.51. The molecule has 0 aromatic carbocycles. The Bertz CT molecular complexity index is 278. The Kier molecular flexibility index (Phi) is 3.48. The maximum absolute atomic E-state index is 10.6. The van der Waals surface area contributed by atoms with Crippen molar-refractivity contribution in [2.75, 3.05) is 0 Å². The summed E-state index contributed by atoms with van der Waals surface area (Å²) in [5, 5.41) is 10.5. The van der Waals surface area contributed by atoms with Crippen LogP contribution in [0.3, 0.4) is 0 Å². The molecule has 3 heteroatoms. The van der Waals surface area contributed by atoms with E-state index in [9.17, 15) is 5.11 Å². The standard InChI is InChI=1S/C14H28O2Si/c1-5-9-12(15)14(17(2,3)4)13(16-14)10-7-6-8-11-13/h12,15H,5-11H2,1-4H3. The number of epoxide rings is 1. The fourth-order valence-corrected chi connectivity index (χ4v) is 7.33. The van der Waals surface area contributed by atoms with Gasteiger partial charge in [0.15, 0.2) is 0 Å². The first kappa shape index (κ1) is 13.6. The average Bonchev–Trinajstić information content (AvgIpc) is 2.89. The molecule has 1 saturated heterocycles. The van der Waals surface area contributed by atoms with E-state index in [1.54, 1.807) is 0 Å². The van der Waals surface area contributed by atoms with E-state index < -0.39 is 8.07 Å². The maximum Gasteiger partial charge on any atom is 0.112 e. The Labute approximate surface area is 107 Å². The van der Waals surface area contributed by atoms with Crippen LogP contribution in [0.5, 0.6) is 0 Å². The molecule has 1 heterocycles. The summed E-state index contributed by atoms with van der Waals surface area (Å²) in [5.74, 6) is 0. The van der Waals surface area contributed by atoms with Gasteiger partial charge in [-0.1, -0.05) is 52.2 Å². The molecule has 2 nitrogen and oxygen atoms in total. The number of aliphatic hydroxyl groups excluding tert-OH is 1. The number of hydrogen-bond donors (Lipinski definition) is 1. The average molecular weight is 256 g/mol. The zero-order chi connectivity index (χ0) is 12.7. The fourth-order valence-electron chi connectivity index (χ4n) is 4.06. The van der Waals surface area contributed by atoms with E-state index in [0.717, 1.165) is 12.8 Å². The second kappa shape index (κ2) is 4.36. The lowest BCUT2D eigenvalue weighted by atomic mass is 9.84. The minimum absolute atomic E-state index is 0.0598. The molecule has 1 aliphatic heterocycles. The van der Waals surface area contributed by atoms with E-state index in [1.165, 1.54) is 32.1 Å². The van der Waals surface area contributed by atoms with Crippen molar-refractivity contribution in [3.05, 3.63) is 0 Å². The summed E-state index contributed by atoms with van der Waals surface area (Å²) >= 11 is 0. The highest BCUT2D eigenvalue weighted by Crippen LogP contribution is 2.62. The van der Waals surface area contributed by atoms with E-state index in [0.29, 0.717) is 0 Å². The van der Waals surface area contributed by atoms with Crippen molar-refractivity contribution in [1.82, 2.24) is 0 Å². The van der Waals surface area contributed by atoms with Gasteiger partial charge in [0.2, 0.25) is 0 Å². The third-order valence-electron chi connectivity index (χ3n) is 4.80. The zero-order valence-electron chi connectivity index (χ0n) is 11.9. The lowest BCUT2D eigenvalue weighted by molar-refractivity contribution is 0.102. The van der Waals surface area contributed by atoms with Crippen molar-refractivity contribution in [1.29, 1.82) is 0 Å². The molecular formula is C14H28O2Si. The van der Waals surface area contributed by atoms with Gasteiger partial charge >= 0.3 is 0 Å². The minimum atomic E-state index is -1.51. The normalized spacial score (nSPS) is 33.7. The summed E-state index contributed by atoms with van der Waals surface area (Å²) < 4.78 is 6.32. The highest BCUT2D eigenvalue weighted by atomic mass is 28.3. The number of aliphatic hydroxyl groups is 1.